The van der Waals surface area contributed by atoms with Gasteiger partial charge < -0.3 is 0 Å². The van der Waals surface area contributed by atoms with Crippen LogP contribution in [0.25, 0.3) is 5.69 Å². The number of halogens is 1. The highest BCUT2D eigenvalue weighted by molar-refractivity contribution is 6.31. The van der Waals surface area contributed by atoms with Gasteiger partial charge in [-0.1, -0.05) is 61.3 Å². The average Bonchev–Trinajstić information content (AvgIpc) is 2.98. The molecule has 3 rings (SSSR count). The fourth-order valence-electron chi connectivity index (χ4n) is 2.95. The molecule has 1 heterocycles. The second-order valence-corrected chi connectivity index (χ2v) is 6.59. The summed E-state index contributed by atoms with van der Waals surface area (Å²) in [5.41, 5.74) is 4.00. The Labute approximate surface area is 158 Å². The van der Waals surface area contributed by atoms with Gasteiger partial charge in [-0.3, -0.25) is 14.9 Å². The van der Waals surface area contributed by atoms with Crippen molar-refractivity contribution >= 4 is 17.3 Å². The standard InChI is InChI=1S/C21H22ClN3O/c1-3-9-19-20(15(2)23-14-16-10-7-8-13-18(16)22)21(26)25(24-19)17-11-5-4-6-12-17/h4-8,10-13,24H,3,9,14H2,1-2H3. The number of para-hydroxylation sites is 1. The highest BCUT2D eigenvalue weighted by Gasteiger charge is 2.17. The predicted molar refractivity (Wildman–Crippen MR) is 108 cm³/mol. The van der Waals surface area contributed by atoms with Crippen LogP contribution in [0.3, 0.4) is 0 Å². The van der Waals surface area contributed by atoms with Gasteiger partial charge in [0, 0.05) is 16.4 Å². The summed E-state index contributed by atoms with van der Waals surface area (Å²) in [7, 11) is 0. The Morgan fingerprint density at radius 3 is 2.50 bits per heavy atom. The van der Waals surface area contributed by atoms with E-state index in [2.05, 4.69) is 17.0 Å². The van der Waals surface area contributed by atoms with Gasteiger partial charge in [0.25, 0.3) is 5.56 Å². The number of hydrogen-bond acceptors (Lipinski definition) is 2. The Bertz CT molecular complexity index is 970. The summed E-state index contributed by atoms with van der Waals surface area (Å²) in [4.78, 5) is 17.6. The zero-order valence-corrected chi connectivity index (χ0v) is 15.8. The molecular weight excluding hydrogens is 346 g/mol. The fraction of sp³-hybridized carbons (Fsp3) is 0.238. The van der Waals surface area contributed by atoms with Crippen molar-refractivity contribution in [1.29, 1.82) is 0 Å². The van der Waals surface area contributed by atoms with Crippen LogP contribution in [0.1, 0.15) is 37.1 Å². The molecule has 134 valence electrons. The molecule has 0 aliphatic rings. The van der Waals surface area contributed by atoms with E-state index in [0.717, 1.165) is 35.5 Å². The van der Waals surface area contributed by atoms with E-state index in [4.69, 9.17) is 11.6 Å². The third kappa shape index (κ3) is 3.81. The van der Waals surface area contributed by atoms with Gasteiger partial charge in [-0.05, 0) is 37.1 Å². The molecule has 3 aromatic rings. The lowest BCUT2D eigenvalue weighted by molar-refractivity contribution is 0.793. The van der Waals surface area contributed by atoms with Crippen LogP contribution in [0.5, 0.6) is 0 Å². The highest BCUT2D eigenvalue weighted by atomic mass is 35.5. The van der Waals surface area contributed by atoms with Crippen molar-refractivity contribution in [2.24, 2.45) is 4.99 Å². The number of H-pyrrole nitrogens is 1. The molecule has 0 amide bonds. The lowest BCUT2D eigenvalue weighted by atomic mass is 10.1. The van der Waals surface area contributed by atoms with Crippen LogP contribution in [0, 0.1) is 0 Å². The first kappa shape index (κ1) is 18.2. The van der Waals surface area contributed by atoms with Crippen molar-refractivity contribution in [3.63, 3.8) is 0 Å². The van der Waals surface area contributed by atoms with E-state index in [1.54, 1.807) is 4.68 Å². The van der Waals surface area contributed by atoms with Gasteiger partial charge in [0.15, 0.2) is 0 Å². The van der Waals surface area contributed by atoms with Crippen LogP contribution in [0.4, 0.5) is 0 Å². The first-order chi connectivity index (χ1) is 12.6. The van der Waals surface area contributed by atoms with Crippen molar-refractivity contribution < 1.29 is 0 Å². The molecule has 26 heavy (non-hydrogen) atoms. The second-order valence-electron chi connectivity index (χ2n) is 6.18. The SMILES string of the molecule is CCCc1[nH]n(-c2ccccc2)c(=O)c1C(C)=NCc1ccccc1Cl. The van der Waals surface area contributed by atoms with Crippen LogP contribution in [-0.2, 0) is 13.0 Å². The van der Waals surface area contributed by atoms with Gasteiger partial charge >= 0.3 is 0 Å². The van der Waals surface area contributed by atoms with Gasteiger partial charge in [0.1, 0.15) is 0 Å². The van der Waals surface area contributed by atoms with E-state index in [9.17, 15) is 4.79 Å². The normalized spacial score (nSPS) is 11.7. The zero-order valence-electron chi connectivity index (χ0n) is 15.0. The van der Waals surface area contributed by atoms with Crippen molar-refractivity contribution in [1.82, 2.24) is 9.78 Å². The van der Waals surface area contributed by atoms with Gasteiger partial charge in [-0.2, -0.15) is 0 Å². The van der Waals surface area contributed by atoms with Crippen LogP contribution < -0.4 is 5.56 Å². The summed E-state index contributed by atoms with van der Waals surface area (Å²) >= 11 is 6.21. The van der Waals surface area contributed by atoms with E-state index < -0.39 is 0 Å². The second kappa shape index (κ2) is 8.19. The molecule has 0 radical (unpaired) electrons. The maximum absolute atomic E-state index is 13.0. The molecule has 2 aromatic carbocycles. The number of aliphatic imine (C=N–C) groups is 1. The van der Waals surface area contributed by atoms with Crippen LogP contribution >= 0.6 is 11.6 Å². The monoisotopic (exact) mass is 367 g/mol. The number of nitrogens with zero attached hydrogens (tertiary/aromatic N) is 2. The smallest absolute Gasteiger partial charge is 0.280 e. The number of aromatic amines is 1. The summed E-state index contributed by atoms with van der Waals surface area (Å²) in [6.07, 6.45) is 1.74. The minimum Gasteiger partial charge on any atom is -0.294 e. The van der Waals surface area contributed by atoms with Gasteiger partial charge in [0.2, 0.25) is 0 Å². The fourth-order valence-corrected chi connectivity index (χ4v) is 3.15. The maximum atomic E-state index is 13.0. The van der Waals surface area contributed by atoms with Crippen LogP contribution in [0.15, 0.2) is 64.4 Å². The Hall–Kier alpha value is -2.59. The molecule has 1 N–H and O–H groups in total. The molecule has 0 aliphatic heterocycles. The first-order valence-corrected chi connectivity index (χ1v) is 9.13. The molecule has 0 fully saturated rings. The number of aromatic nitrogens is 2. The van der Waals surface area contributed by atoms with E-state index in [1.807, 2.05) is 61.5 Å². The van der Waals surface area contributed by atoms with Crippen molar-refractivity contribution in [3.05, 3.63) is 86.8 Å². The minimum absolute atomic E-state index is 0.0694. The van der Waals surface area contributed by atoms with Gasteiger partial charge in [0.05, 0.1) is 17.8 Å². The molecule has 1 aromatic heterocycles. The summed E-state index contributed by atoms with van der Waals surface area (Å²) in [6, 6.07) is 17.2. The van der Waals surface area contributed by atoms with Crippen molar-refractivity contribution in [2.45, 2.75) is 33.2 Å². The van der Waals surface area contributed by atoms with Crippen LogP contribution in [0.2, 0.25) is 5.02 Å². The molecule has 5 heteroatoms. The summed E-state index contributed by atoms with van der Waals surface area (Å²) in [5.74, 6) is 0. The topological polar surface area (TPSA) is 50.1 Å². The summed E-state index contributed by atoms with van der Waals surface area (Å²) < 4.78 is 1.59. The Kier molecular flexibility index (Phi) is 5.74. The molecule has 0 saturated heterocycles. The number of hydrogen-bond donors (Lipinski definition) is 1. The van der Waals surface area contributed by atoms with Crippen LogP contribution in [-0.4, -0.2) is 15.5 Å². The van der Waals surface area contributed by atoms with E-state index in [1.165, 1.54) is 0 Å². The molecule has 4 nitrogen and oxygen atoms in total. The third-order valence-electron chi connectivity index (χ3n) is 4.29. The van der Waals surface area contributed by atoms with Crippen molar-refractivity contribution in [2.75, 3.05) is 0 Å². The Morgan fingerprint density at radius 1 is 1.12 bits per heavy atom. The molecule has 0 bridgehead atoms. The first-order valence-electron chi connectivity index (χ1n) is 8.76. The quantitative estimate of drug-likeness (QED) is 0.626. The molecule has 0 spiro atoms. The molecule has 0 unspecified atom stereocenters. The largest absolute Gasteiger partial charge is 0.294 e. The number of benzene rings is 2. The van der Waals surface area contributed by atoms with Gasteiger partial charge in [-0.15, -0.1) is 0 Å². The van der Waals surface area contributed by atoms with E-state index in [0.29, 0.717) is 17.1 Å². The zero-order chi connectivity index (χ0) is 18.5. The lowest BCUT2D eigenvalue weighted by Gasteiger charge is -2.03. The van der Waals surface area contributed by atoms with Gasteiger partial charge in [-0.25, -0.2) is 4.68 Å². The van der Waals surface area contributed by atoms with Crippen molar-refractivity contribution in [3.8, 4) is 5.69 Å². The molecule has 0 atom stereocenters. The van der Waals surface area contributed by atoms with E-state index in [-0.39, 0.29) is 5.56 Å². The summed E-state index contributed by atoms with van der Waals surface area (Å²) in [6.45, 7) is 4.43. The van der Waals surface area contributed by atoms with E-state index >= 15 is 0 Å². The molecule has 0 aliphatic carbocycles. The average molecular weight is 368 g/mol. The Morgan fingerprint density at radius 2 is 1.81 bits per heavy atom. The lowest BCUT2D eigenvalue weighted by Crippen LogP contribution is -2.19. The number of aryl methyl sites for hydroxylation is 1. The number of rotatable bonds is 6. The minimum atomic E-state index is -0.0694. The summed E-state index contributed by atoms with van der Waals surface area (Å²) in [5, 5.41) is 3.94. The molecular formula is C21H22ClN3O. The third-order valence-corrected chi connectivity index (χ3v) is 4.65. The predicted octanol–water partition coefficient (Wildman–Crippen LogP) is 4.78. The Balaban J connectivity index is 2.00. The number of nitrogens with one attached hydrogen (secondary N) is 1. The molecule has 0 saturated carbocycles. The maximum Gasteiger partial charge on any atom is 0.280 e. The highest BCUT2D eigenvalue weighted by Crippen LogP contribution is 2.17.